The molecule has 3 aromatic rings. The number of hydrogen-bond donors (Lipinski definition) is 1. The normalized spacial score (nSPS) is 10.7. The number of aromatic nitrogens is 2. The molecule has 2 aromatic carbocycles. The summed E-state index contributed by atoms with van der Waals surface area (Å²) in [5.74, 6) is -0.363. The van der Waals surface area contributed by atoms with E-state index in [1.54, 1.807) is 50.5 Å². The van der Waals surface area contributed by atoms with E-state index >= 15 is 0 Å². The van der Waals surface area contributed by atoms with Gasteiger partial charge in [0.2, 0.25) is 5.91 Å². The van der Waals surface area contributed by atoms with Crippen molar-refractivity contribution < 1.29 is 9.59 Å². The van der Waals surface area contributed by atoms with Crippen LogP contribution in [0.15, 0.2) is 53.6 Å². The highest BCUT2D eigenvalue weighted by atomic mass is 16.2. The van der Waals surface area contributed by atoms with Crippen molar-refractivity contribution in [2.24, 2.45) is 0 Å². The molecule has 0 spiro atoms. The van der Waals surface area contributed by atoms with Crippen LogP contribution in [0.1, 0.15) is 21.5 Å². The SMILES string of the molecule is Cc1cccc2c(=O)n(CC(=O)NCc3ccc(C(=O)N(C)C)cc3)cnc12. The van der Waals surface area contributed by atoms with Crippen molar-refractivity contribution in [2.45, 2.75) is 20.0 Å². The Morgan fingerprint density at radius 1 is 1.11 bits per heavy atom. The first-order chi connectivity index (χ1) is 13.4. The third-order valence-electron chi connectivity index (χ3n) is 4.47. The van der Waals surface area contributed by atoms with Gasteiger partial charge >= 0.3 is 0 Å². The predicted molar refractivity (Wildman–Crippen MR) is 107 cm³/mol. The number of rotatable bonds is 5. The van der Waals surface area contributed by atoms with Crippen LogP contribution in [0, 0.1) is 6.92 Å². The third-order valence-corrected chi connectivity index (χ3v) is 4.47. The lowest BCUT2D eigenvalue weighted by Gasteiger charge is -2.11. The van der Waals surface area contributed by atoms with Gasteiger partial charge in [-0.1, -0.05) is 24.3 Å². The number of para-hydroxylation sites is 1. The van der Waals surface area contributed by atoms with E-state index < -0.39 is 0 Å². The van der Waals surface area contributed by atoms with E-state index in [9.17, 15) is 14.4 Å². The summed E-state index contributed by atoms with van der Waals surface area (Å²) < 4.78 is 1.30. The Kier molecular flexibility index (Phi) is 5.54. The maximum atomic E-state index is 12.6. The molecule has 0 saturated heterocycles. The van der Waals surface area contributed by atoms with Gasteiger partial charge < -0.3 is 10.2 Å². The van der Waals surface area contributed by atoms with Crippen LogP contribution in [-0.4, -0.2) is 40.4 Å². The second-order valence-corrected chi connectivity index (χ2v) is 6.82. The van der Waals surface area contributed by atoms with E-state index in [1.807, 2.05) is 13.0 Å². The number of nitrogens with one attached hydrogen (secondary N) is 1. The molecule has 0 aliphatic heterocycles. The van der Waals surface area contributed by atoms with Crippen LogP contribution in [-0.2, 0) is 17.9 Å². The summed E-state index contributed by atoms with van der Waals surface area (Å²) in [6, 6.07) is 12.4. The van der Waals surface area contributed by atoms with Crippen molar-refractivity contribution in [1.82, 2.24) is 19.8 Å². The summed E-state index contributed by atoms with van der Waals surface area (Å²) in [5.41, 5.74) is 2.78. The van der Waals surface area contributed by atoms with E-state index in [1.165, 1.54) is 15.8 Å². The molecule has 0 saturated carbocycles. The second-order valence-electron chi connectivity index (χ2n) is 6.82. The largest absolute Gasteiger partial charge is 0.350 e. The number of hydrogen-bond acceptors (Lipinski definition) is 4. The van der Waals surface area contributed by atoms with Gasteiger partial charge in [0.15, 0.2) is 0 Å². The standard InChI is InChI=1S/C21H22N4O3/c1-14-5-4-6-17-19(14)23-13-25(21(17)28)12-18(26)22-11-15-7-9-16(10-8-15)20(27)24(2)3/h4-10,13H,11-12H2,1-3H3,(H,22,26). The maximum Gasteiger partial charge on any atom is 0.261 e. The smallest absolute Gasteiger partial charge is 0.261 e. The zero-order chi connectivity index (χ0) is 20.3. The molecular weight excluding hydrogens is 356 g/mol. The van der Waals surface area contributed by atoms with E-state index in [-0.39, 0.29) is 23.9 Å². The molecular formula is C21H22N4O3. The number of carbonyl (C=O) groups excluding carboxylic acids is 2. The number of carbonyl (C=O) groups is 2. The van der Waals surface area contributed by atoms with Gasteiger partial charge in [0.1, 0.15) is 6.54 Å². The van der Waals surface area contributed by atoms with Gasteiger partial charge in [0.05, 0.1) is 17.2 Å². The van der Waals surface area contributed by atoms with Crippen LogP contribution < -0.4 is 10.9 Å². The van der Waals surface area contributed by atoms with Crippen molar-refractivity contribution in [3.05, 3.63) is 75.8 Å². The molecule has 0 atom stereocenters. The van der Waals surface area contributed by atoms with Gasteiger partial charge in [-0.3, -0.25) is 19.0 Å². The van der Waals surface area contributed by atoms with Crippen LogP contribution in [0.25, 0.3) is 10.9 Å². The Bertz CT molecular complexity index is 1080. The fourth-order valence-corrected chi connectivity index (χ4v) is 2.88. The highest BCUT2D eigenvalue weighted by Gasteiger charge is 2.10. The first-order valence-corrected chi connectivity index (χ1v) is 8.89. The molecule has 0 bridgehead atoms. The molecule has 7 nitrogen and oxygen atoms in total. The molecule has 1 aromatic heterocycles. The molecule has 2 amide bonds. The van der Waals surface area contributed by atoms with Crippen molar-refractivity contribution in [2.75, 3.05) is 14.1 Å². The van der Waals surface area contributed by atoms with Gasteiger partial charge in [-0.05, 0) is 36.2 Å². The monoisotopic (exact) mass is 378 g/mol. The van der Waals surface area contributed by atoms with Gasteiger partial charge in [-0.2, -0.15) is 0 Å². The number of nitrogens with zero attached hydrogens (tertiary/aromatic N) is 3. The minimum Gasteiger partial charge on any atom is -0.350 e. The molecule has 0 fully saturated rings. The fourth-order valence-electron chi connectivity index (χ4n) is 2.88. The minimum absolute atomic E-state index is 0.0750. The number of aryl methyl sites for hydroxylation is 1. The zero-order valence-corrected chi connectivity index (χ0v) is 16.1. The lowest BCUT2D eigenvalue weighted by atomic mass is 10.1. The third kappa shape index (κ3) is 4.09. The number of benzene rings is 2. The van der Waals surface area contributed by atoms with Crippen LogP contribution in [0.5, 0.6) is 0 Å². The molecule has 0 aliphatic carbocycles. The van der Waals surface area contributed by atoms with Crippen LogP contribution >= 0.6 is 0 Å². The van der Waals surface area contributed by atoms with Gasteiger partial charge in [-0.25, -0.2) is 4.98 Å². The number of fused-ring (bicyclic) bond motifs is 1. The maximum absolute atomic E-state index is 12.6. The van der Waals surface area contributed by atoms with Crippen LogP contribution in [0.4, 0.5) is 0 Å². The predicted octanol–water partition coefficient (Wildman–Crippen LogP) is 1.72. The van der Waals surface area contributed by atoms with Crippen molar-refractivity contribution in [3.8, 4) is 0 Å². The first-order valence-electron chi connectivity index (χ1n) is 8.89. The molecule has 28 heavy (non-hydrogen) atoms. The minimum atomic E-state index is -0.288. The van der Waals surface area contributed by atoms with Gasteiger partial charge in [-0.15, -0.1) is 0 Å². The molecule has 144 valence electrons. The fraction of sp³-hybridized carbons (Fsp3) is 0.238. The van der Waals surface area contributed by atoms with E-state index in [0.29, 0.717) is 23.0 Å². The van der Waals surface area contributed by atoms with Crippen LogP contribution in [0.3, 0.4) is 0 Å². The quantitative estimate of drug-likeness (QED) is 0.733. The van der Waals surface area contributed by atoms with E-state index in [2.05, 4.69) is 10.3 Å². The van der Waals surface area contributed by atoms with Crippen molar-refractivity contribution >= 4 is 22.7 Å². The molecule has 0 aliphatic rings. The van der Waals surface area contributed by atoms with Crippen molar-refractivity contribution in [1.29, 1.82) is 0 Å². The zero-order valence-electron chi connectivity index (χ0n) is 16.1. The second kappa shape index (κ2) is 8.04. The molecule has 0 unspecified atom stereocenters. The highest BCUT2D eigenvalue weighted by Crippen LogP contribution is 2.11. The summed E-state index contributed by atoms with van der Waals surface area (Å²) in [4.78, 5) is 42.5. The van der Waals surface area contributed by atoms with Gasteiger partial charge in [0, 0.05) is 26.2 Å². The Morgan fingerprint density at radius 3 is 2.50 bits per heavy atom. The van der Waals surface area contributed by atoms with Crippen molar-refractivity contribution in [3.63, 3.8) is 0 Å². The molecule has 3 rings (SSSR count). The molecule has 7 heteroatoms. The van der Waals surface area contributed by atoms with E-state index in [4.69, 9.17) is 0 Å². The summed E-state index contributed by atoms with van der Waals surface area (Å²) in [7, 11) is 3.39. The Labute approximate surface area is 162 Å². The summed E-state index contributed by atoms with van der Waals surface area (Å²) in [6.45, 7) is 2.10. The topological polar surface area (TPSA) is 84.3 Å². The summed E-state index contributed by atoms with van der Waals surface area (Å²) in [6.07, 6.45) is 1.40. The Morgan fingerprint density at radius 2 is 1.82 bits per heavy atom. The van der Waals surface area contributed by atoms with E-state index in [0.717, 1.165) is 11.1 Å². The lowest BCUT2D eigenvalue weighted by molar-refractivity contribution is -0.121. The molecule has 1 N–H and O–H groups in total. The van der Waals surface area contributed by atoms with Crippen LogP contribution in [0.2, 0.25) is 0 Å². The summed E-state index contributed by atoms with van der Waals surface area (Å²) >= 11 is 0. The Balaban J connectivity index is 1.65. The summed E-state index contributed by atoms with van der Waals surface area (Å²) in [5, 5.41) is 3.28. The Hall–Kier alpha value is -3.48. The average Bonchev–Trinajstić information content (AvgIpc) is 2.69. The van der Waals surface area contributed by atoms with Gasteiger partial charge in [0.25, 0.3) is 11.5 Å². The molecule has 0 radical (unpaired) electrons. The first kappa shape index (κ1) is 19.3. The highest BCUT2D eigenvalue weighted by molar-refractivity contribution is 5.93. The molecule has 1 heterocycles. The lowest BCUT2D eigenvalue weighted by Crippen LogP contribution is -2.32. The average molecular weight is 378 g/mol. The number of amides is 2.